The van der Waals surface area contributed by atoms with Crippen LogP contribution in [0, 0.1) is 0 Å². The van der Waals surface area contributed by atoms with Crippen LogP contribution in [0.2, 0.25) is 0 Å². The van der Waals surface area contributed by atoms with Gasteiger partial charge in [-0.05, 0) is 44.7 Å². The first kappa shape index (κ1) is 16.0. The molecule has 1 heterocycles. The molecule has 0 aliphatic heterocycles. The highest BCUT2D eigenvalue weighted by Crippen LogP contribution is 2.20. The largest absolute Gasteiger partial charge is 0.468 e. The predicted octanol–water partition coefficient (Wildman–Crippen LogP) is 2.50. The Hall–Kier alpha value is -1.07. The molecule has 0 radical (unpaired) electrons. The summed E-state index contributed by atoms with van der Waals surface area (Å²) >= 11 is 1.82. The van der Waals surface area contributed by atoms with E-state index < -0.39 is 5.54 Å². The topological polar surface area (TPSA) is 51.2 Å². The van der Waals surface area contributed by atoms with Gasteiger partial charge in [-0.25, -0.2) is 0 Å². The molecule has 1 rings (SSSR count). The van der Waals surface area contributed by atoms with E-state index >= 15 is 0 Å². The van der Waals surface area contributed by atoms with Crippen molar-refractivity contribution in [2.24, 2.45) is 0 Å². The van der Waals surface area contributed by atoms with Crippen LogP contribution in [0.5, 0.6) is 0 Å². The molecule has 1 N–H and O–H groups in total. The fourth-order valence-electron chi connectivity index (χ4n) is 1.76. The maximum atomic E-state index is 11.7. The van der Waals surface area contributed by atoms with E-state index in [0.29, 0.717) is 0 Å². The number of thioether (sulfide) groups is 1. The number of methoxy groups -OCH3 is 1. The zero-order chi connectivity index (χ0) is 14.1. The molecule has 0 aliphatic carbocycles. The van der Waals surface area contributed by atoms with Crippen molar-refractivity contribution in [3.63, 3.8) is 0 Å². The van der Waals surface area contributed by atoms with Crippen LogP contribution in [0.25, 0.3) is 0 Å². The summed E-state index contributed by atoms with van der Waals surface area (Å²) in [5.74, 6) is 0.849. The lowest BCUT2D eigenvalue weighted by Gasteiger charge is -2.25. The third kappa shape index (κ3) is 5.20. The molecule has 0 aliphatic rings. The lowest BCUT2D eigenvalue weighted by atomic mass is 9.95. The smallest absolute Gasteiger partial charge is 0.325 e. The summed E-state index contributed by atoms with van der Waals surface area (Å²) in [4.78, 5) is 16.9. The molecule has 1 unspecified atom stereocenters. The van der Waals surface area contributed by atoms with E-state index in [0.717, 1.165) is 25.0 Å². The van der Waals surface area contributed by atoms with Crippen LogP contribution in [0.15, 0.2) is 29.4 Å². The SMILES string of the molecule is CNC(C)(CCCCSc1ccncc1)C(=O)OC. The van der Waals surface area contributed by atoms with Crippen LogP contribution < -0.4 is 5.32 Å². The van der Waals surface area contributed by atoms with Gasteiger partial charge in [-0.15, -0.1) is 11.8 Å². The molecule has 4 nitrogen and oxygen atoms in total. The molecule has 1 aromatic rings. The number of hydrogen-bond donors (Lipinski definition) is 1. The number of nitrogens with zero attached hydrogens (tertiary/aromatic N) is 1. The third-order valence-corrected chi connectivity index (χ3v) is 4.28. The van der Waals surface area contributed by atoms with E-state index in [1.165, 1.54) is 12.0 Å². The van der Waals surface area contributed by atoms with Crippen molar-refractivity contribution in [2.75, 3.05) is 19.9 Å². The molecule has 106 valence electrons. The van der Waals surface area contributed by atoms with E-state index in [1.54, 1.807) is 19.4 Å². The normalized spacial score (nSPS) is 13.8. The molecule has 0 amide bonds. The summed E-state index contributed by atoms with van der Waals surface area (Å²) in [7, 11) is 3.22. The average Bonchev–Trinajstić information content (AvgIpc) is 2.46. The molecule has 0 spiro atoms. The van der Waals surface area contributed by atoms with E-state index in [2.05, 4.69) is 10.3 Å². The number of esters is 1. The molecule has 0 saturated carbocycles. The second kappa shape index (κ2) is 8.17. The number of pyridine rings is 1. The number of aromatic nitrogens is 1. The number of ether oxygens (including phenoxy) is 1. The molecule has 19 heavy (non-hydrogen) atoms. The fraction of sp³-hybridized carbons (Fsp3) is 0.571. The fourth-order valence-corrected chi connectivity index (χ4v) is 2.66. The Kier molecular flexibility index (Phi) is 6.87. The number of hydrogen-bond acceptors (Lipinski definition) is 5. The standard InChI is InChI=1S/C14H22N2O2S/c1-14(15-2,13(17)18-3)8-4-5-11-19-12-6-9-16-10-7-12/h6-7,9-10,15H,4-5,8,11H2,1-3H3. The van der Waals surface area contributed by atoms with E-state index in [-0.39, 0.29) is 5.97 Å². The van der Waals surface area contributed by atoms with Crippen LogP contribution in [0.4, 0.5) is 0 Å². The van der Waals surface area contributed by atoms with Gasteiger partial charge in [0.25, 0.3) is 0 Å². The highest BCUT2D eigenvalue weighted by molar-refractivity contribution is 7.99. The van der Waals surface area contributed by atoms with E-state index in [4.69, 9.17) is 4.74 Å². The Morgan fingerprint density at radius 2 is 2.11 bits per heavy atom. The Labute approximate surface area is 119 Å². The summed E-state index contributed by atoms with van der Waals surface area (Å²) in [6.07, 6.45) is 6.45. The molecule has 0 saturated heterocycles. The lowest BCUT2D eigenvalue weighted by Crippen LogP contribution is -2.48. The Morgan fingerprint density at radius 1 is 1.42 bits per heavy atom. The van der Waals surface area contributed by atoms with Crippen LogP contribution in [-0.2, 0) is 9.53 Å². The molecule has 1 atom stereocenters. The number of unbranched alkanes of at least 4 members (excludes halogenated alkanes) is 1. The van der Waals surface area contributed by atoms with Gasteiger partial charge in [-0.3, -0.25) is 9.78 Å². The van der Waals surface area contributed by atoms with Crippen LogP contribution >= 0.6 is 11.8 Å². The summed E-state index contributed by atoms with van der Waals surface area (Å²) < 4.78 is 4.82. The molecule has 0 fully saturated rings. The third-order valence-electron chi connectivity index (χ3n) is 3.18. The lowest BCUT2D eigenvalue weighted by molar-refractivity contribution is -0.148. The zero-order valence-electron chi connectivity index (χ0n) is 11.8. The van der Waals surface area contributed by atoms with Crippen molar-refractivity contribution in [1.82, 2.24) is 10.3 Å². The van der Waals surface area contributed by atoms with Crippen LogP contribution in [0.3, 0.4) is 0 Å². The number of carbonyl (C=O) groups excluding carboxylic acids is 1. The number of likely N-dealkylation sites (N-methyl/N-ethyl adjacent to an activating group) is 1. The van der Waals surface area contributed by atoms with Gasteiger partial charge in [-0.1, -0.05) is 6.42 Å². The summed E-state index contributed by atoms with van der Waals surface area (Å²) in [5, 5.41) is 3.05. The minimum Gasteiger partial charge on any atom is -0.468 e. The van der Waals surface area contributed by atoms with Crippen molar-refractivity contribution in [3.05, 3.63) is 24.5 Å². The molecule has 5 heteroatoms. The van der Waals surface area contributed by atoms with E-state index in [9.17, 15) is 4.79 Å². The minimum atomic E-state index is -0.573. The average molecular weight is 282 g/mol. The molecule has 0 aromatic carbocycles. The predicted molar refractivity (Wildman–Crippen MR) is 78.3 cm³/mol. The number of rotatable bonds is 8. The number of nitrogens with one attached hydrogen (secondary N) is 1. The number of carbonyl (C=O) groups is 1. The van der Waals surface area contributed by atoms with Crippen LogP contribution in [0.1, 0.15) is 26.2 Å². The Bertz CT molecular complexity index is 386. The summed E-state index contributed by atoms with van der Waals surface area (Å²) in [5.41, 5.74) is -0.573. The van der Waals surface area contributed by atoms with Gasteiger partial charge in [0.1, 0.15) is 5.54 Å². The molecule has 0 bridgehead atoms. The van der Waals surface area contributed by atoms with Crippen molar-refractivity contribution in [3.8, 4) is 0 Å². The highest BCUT2D eigenvalue weighted by atomic mass is 32.2. The van der Waals surface area contributed by atoms with Crippen molar-refractivity contribution in [1.29, 1.82) is 0 Å². The Balaban J connectivity index is 2.25. The first-order chi connectivity index (χ1) is 9.12. The second-order valence-electron chi connectivity index (χ2n) is 4.56. The quantitative estimate of drug-likeness (QED) is 0.451. The molecular weight excluding hydrogens is 260 g/mol. The van der Waals surface area contributed by atoms with Gasteiger partial charge in [0.05, 0.1) is 7.11 Å². The van der Waals surface area contributed by atoms with Gasteiger partial charge in [-0.2, -0.15) is 0 Å². The summed E-state index contributed by atoms with van der Waals surface area (Å²) in [6.45, 7) is 1.88. The van der Waals surface area contributed by atoms with Gasteiger partial charge in [0.2, 0.25) is 0 Å². The van der Waals surface area contributed by atoms with Crippen molar-refractivity contribution >= 4 is 17.7 Å². The monoisotopic (exact) mass is 282 g/mol. The van der Waals surface area contributed by atoms with Gasteiger partial charge in [0.15, 0.2) is 0 Å². The van der Waals surface area contributed by atoms with Gasteiger partial charge >= 0.3 is 5.97 Å². The maximum Gasteiger partial charge on any atom is 0.325 e. The minimum absolute atomic E-state index is 0.197. The van der Waals surface area contributed by atoms with E-state index in [1.807, 2.05) is 30.8 Å². The summed E-state index contributed by atoms with van der Waals surface area (Å²) in [6, 6.07) is 4.02. The first-order valence-electron chi connectivity index (χ1n) is 6.42. The van der Waals surface area contributed by atoms with Crippen molar-refractivity contribution in [2.45, 2.75) is 36.6 Å². The molecular formula is C14H22N2O2S. The van der Waals surface area contributed by atoms with Crippen molar-refractivity contribution < 1.29 is 9.53 Å². The zero-order valence-corrected chi connectivity index (χ0v) is 12.6. The second-order valence-corrected chi connectivity index (χ2v) is 5.73. The van der Waals surface area contributed by atoms with Gasteiger partial charge < -0.3 is 10.1 Å². The highest BCUT2D eigenvalue weighted by Gasteiger charge is 2.31. The van der Waals surface area contributed by atoms with Crippen LogP contribution in [-0.4, -0.2) is 36.4 Å². The maximum absolute atomic E-state index is 11.7. The molecule has 1 aromatic heterocycles. The Morgan fingerprint density at radius 3 is 2.68 bits per heavy atom. The van der Waals surface area contributed by atoms with Gasteiger partial charge in [0, 0.05) is 17.3 Å². The first-order valence-corrected chi connectivity index (χ1v) is 7.41.